The molecule has 0 unspecified atom stereocenters. The Morgan fingerprint density at radius 2 is 1.77 bits per heavy atom. The van der Waals surface area contributed by atoms with E-state index in [-0.39, 0.29) is 5.91 Å². The number of nitrogens with two attached hydrogens (primary N) is 1. The molecule has 140 valence electrons. The van der Waals surface area contributed by atoms with Gasteiger partial charge in [-0.3, -0.25) is 19.7 Å². The van der Waals surface area contributed by atoms with Gasteiger partial charge < -0.3 is 15.4 Å². The molecule has 0 aliphatic carbocycles. The summed E-state index contributed by atoms with van der Waals surface area (Å²) in [6, 6.07) is 5.61. The Labute approximate surface area is 155 Å². The van der Waals surface area contributed by atoms with Gasteiger partial charge in [0.2, 0.25) is 0 Å². The number of esters is 1. The third kappa shape index (κ3) is 5.19. The number of rotatable bonds is 4. The molecule has 1 aliphatic heterocycles. The Hall–Kier alpha value is -2.61. The number of benzene rings is 1. The number of hydrogen-bond acceptors (Lipinski definition) is 5. The van der Waals surface area contributed by atoms with E-state index in [1.54, 1.807) is 29.2 Å². The summed E-state index contributed by atoms with van der Waals surface area (Å²) in [5, 5.41) is 2.41. The van der Waals surface area contributed by atoms with E-state index in [0.29, 0.717) is 36.5 Å². The molecular formula is C17H20ClN3O5. The minimum Gasteiger partial charge on any atom is -0.452 e. The van der Waals surface area contributed by atoms with E-state index in [0.717, 1.165) is 0 Å². The van der Waals surface area contributed by atoms with E-state index in [1.807, 2.05) is 5.32 Å². The second kappa shape index (κ2) is 8.66. The Morgan fingerprint density at radius 3 is 2.31 bits per heavy atom. The number of amides is 4. The van der Waals surface area contributed by atoms with Gasteiger partial charge in [0.05, 0.1) is 5.92 Å². The third-order valence-electron chi connectivity index (χ3n) is 4.12. The Bertz CT molecular complexity index is 699. The van der Waals surface area contributed by atoms with Gasteiger partial charge in [-0.2, -0.15) is 0 Å². The molecule has 1 fully saturated rings. The van der Waals surface area contributed by atoms with Crippen molar-refractivity contribution in [1.82, 2.24) is 10.2 Å². The van der Waals surface area contributed by atoms with Crippen LogP contribution in [0.4, 0.5) is 4.79 Å². The van der Waals surface area contributed by atoms with Crippen LogP contribution >= 0.6 is 11.6 Å². The molecule has 0 spiro atoms. The van der Waals surface area contributed by atoms with E-state index in [1.165, 1.54) is 6.92 Å². The maximum Gasteiger partial charge on any atom is 0.318 e. The first-order valence-corrected chi connectivity index (χ1v) is 8.51. The van der Waals surface area contributed by atoms with Crippen molar-refractivity contribution in [3.63, 3.8) is 0 Å². The van der Waals surface area contributed by atoms with Crippen molar-refractivity contribution in [3.05, 3.63) is 34.9 Å². The van der Waals surface area contributed by atoms with Gasteiger partial charge in [-0.05, 0) is 44.0 Å². The zero-order valence-electron chi connectivity index (χ0n) is 14.2. The number of imide groups is 1. The number of carbonyl (C=O) groups is 4. The fourth-order valence-corrected chi connectivity index (χ4v) is 2.77. The van der Waals surface area contributed by atoms with Gasteiger partial charge in [0.1, 0.15) is 0 Å². The Morgan fingerprint density at radius 1 is 1.19 bits per heavy atom. The van der Waals surface area contributed by atoms with Gasteiger partial charge in [0, 0.05) is 23.7 Å². The van der Waals surface area contributed by atoms with Gasteiger partial charge in [-0.25, -0.2) is 4.79 Å². The lowest BCUT2D eigenvalue weighted by Crippen LogP contribution is -2.44. The second-order valence-electron chi connectivity index (χ2n) is 6.01. The highest BCUT2D eigenvalue weighted by Crippen LogP contribution is 2.21. The van der Waals surface area contributed by atoms with Crippen LogP contribution in [0.2, 0.25) is 5.02 Å². The molecule has 1 heterocycles. The number of likely N-dealkylation sites (tertiary alicyclic amines) is 1. The van der Waals surface area contributed by atoms with E-state index < -0.39 is 29.9 Å². The number of halogens is 1. The Kier molecular flexibility index (Phi) is 6.57. The monoisotopic (exact) mass is 381 g/mol. The largest absolute Gasteiger partial charge is 0.452 e. The summed E-state index contributed by atoms with van der Waals surface area (Å²) in [6.45, 7) is 2.17. The number of ether oxygens (including phenoxy) is 1. The van der Waals surface area contributed by atoms with Crippen LogP contribution in [0.3, 0.4) is 0 Å². The zero-order chi connectivity index (χ0) is 19.3. The summed E-state index contributed by atoms with van der Waals surface area (Å²) in [5.41, 5.74) is 5.38. The molecule has 2 rings (SSSR count). The van der Waals surface area contributed by atoms with Crippen molar-refractivity contribution < 1.29 is 23.9 Å². The van der Waals surface area contributed by atoms with E-state index >= 15 is 0 Å². The fraction of sp³-hybridized carbons (Fsp3) is 0.412. The highest BCUT2D eigenvalue weighted by atomic mass is 35.5. The summed E-state index contributed by atoms with van der Waals surface area (Å²) in [7, 11) is 0. The van der Waals surface area contributed by atoms with Crippen molar-refractivity contribution in [2.75, 3.05) is 13.1 Å². The molecular weight excluding hydrogens is 362 g/mol. The number of nitrogens with zero attached hydrogens (tertiary/aromatic N) is 1. The lowest BCUT2D eigenvalue weighted by atomic mass is 9.96. The molecule has 26 heavy (non-hydrogen) atoms. The number of urea groups is 1. The molecule has 1 aromatic rings. The van der Waals surface area contributed by atoms with Crippen LogP contribution in [0.1, 0.15) is 30.1 Å². The topological polar surface area (TPSA) is 119 Å². The van der Waals surface area contributed by atoms with Gasteiger partial charge in [0.25, 0.3) is 11.8 Å². The molecule has 3 N–H and O–H groups in total. The summed E-state index contributed by atoms with van der Waals surface area (Å²) in [6.07, 6.45) is -0.256. The predicted octanol–water partition coefficient (Wildman–Crippen LogP) is 1.32. The lowest BCUT2D eigenvalue weighted by Gasteiger charge is -2.31. The van der Waals surface area contributed by atoms with Crippen LogP contribution in [0.15, 0.2) is 24.3 Å². The van der Waals surface area contributed by atoms with E-state index in [2.05, 4.69) is 0 Å². The molecule has 1 atom stereocenters. The summed E-state index contributed by atoms with van der Waals surface area (Å²) < 4.78 is 5.07. The van der Waals surface area contributed by atoms with Crippen molar-refractivity contribution in [2.24, 2.45) is 11.7 Å². The molecule has 1 saturated heterocycles. The quantitative estimate of drug-likeness (QED) is 0.762. The molecule has 0 radical (unpaired) electrons. The van der Waals surface area contributed by atoms with Gasteiger partial charge in [-0.1, -0.05) is 11.6 Å². The smallest absolute Gasteiger partial charge is 0.318 e. The lowest BCUT2D eigenvalue weighted by molar-refractivity contribution is -0.159. The van der Waals surface area contributed by atoms with Gasteiger partial charge in [0.15, 0.2) is 6.10 Å². The molecule has 1 aromatic carbocycles. The normalized spacial score (nSPS) is 15.8. The third-order valence-corrected chi connectivity index (χ3v) is 4.37. The Balaban J connectivity index is 1.84. The van der Waals surface area contributed by atoms with Crippen LogP contribution < -0.4 is 11.1 Å². The van der Waals surface area contributed by atoms with Crippen LogP contribution in [0.5, 0.6) is 0 Å². The number of piperidine rings is 1. The van der Waals surface area contributed by atoms with Gasteiger partial charge in [-0.15, -0.1) is 0 Å². The summed E-state index contributed by atoms with van der Waals surface area (Å²) in [5.74, 6) is -1.84. The van der Waals surface area contributed by atoms with Crippen LogP contribution in [0.25, 0.3) is 0 Å². The first-order chi connectivity index (χ1) is 12.3. The van der Waals surface area contributed by atoms with Gasteiger partial charge >= 0.3 is 12.0 Å². The number of hydrogen-bond donors (Lipinski definition) is 2. The molecule has 4 amide bonds. The van der Waals surface area contributed by atoms with E-state index in [4.69, 9.17) is 22.1 Å². The average Bonchev–Trinajstić information content (AvgIpc) is 2.61. The number of nitrogens with one attached hydrogen (secondary N) is 1. The zero-order valence-corrected chi connectivity index (χ0v) is 15.0. The highest BCUT2D eigenvalue weighted by Gasteiger charge is 2.30. The molecule has 8 nitrogen and oxygen atoms in total. The number of carbonyl (C=O) groups excluding carboxylic acids is 4. The van der Waals surface area contributed by atoms with Crippen molar-refractivity contribution in [3.8, 4) is 0 Å². The second-order valence-corrected chi connectivity index (χ2v) is 6.44. The first kappa shape index (κ1) is 19.7. The van der Waals surface area contributed by atoms with Crippen LogP contribution in [0, 0.1) is 5.92 Å². The van der Waals surface area contributed by atoms with Crippen molar-refractivity contribution >= 4 is 35.4 Å². The maximum atomic E-state index is 12.4. The molecule has 0 aromatic heterocycles. The van der Waals surface area contributed by atoms with Crippen molar-refractivity contribution in [2.45, 2.75) is 25.9 Å². The fourth-order valence-electron chi connectivity index (χ4n) is 2.64. The summed E-state index contributed by atoms with van der Waals surface area (Å²) in [4.78, 5) is 48.4. The minimum atomic E-state index is -1.12. The number of primary amides is 1. The van der Waals surface area contributed by atoms with Crippen LogP contribution in [-0.4, -0.2) is 47.9 Å². The molecule has 0 bridgehead atoms. The van der Waals surface area contributed by atoms with Crippen LogP contribution in [-0.2, 0) is 14.3 Å². The first-order valence-electron chi connectivity index (χ1n) is 8.13. The predicted molar refractivity (Wildman–Crippen MR) is 93.4 cm³/mol. The molecule has 1 aliphatic rings. The highest BCUT2D eigenvalue weighted by molar-refractivity contribution is 6.30. The minimum absolute atomic E-state index is 0.123. The average molecular weight is 382 g/mol. The maximum absolute atomic E-state index is 12.4. The van der Waals surface area contributed by atoms with E-state index in [9.17, 15) is 19.2 Å². The summed E-state index contributed by atoms with van der Waals surface area (Å²) >= 11 is 5.82. The standard InChI is InChI=1S/C17H20ClN3O5/c1-10(14(22)20-17(19)25)26-16(24)12-6-8-21(9-7-12)15(23)11-2-4-13(18)5-3-11/h2-5,10,12H,6-9H2,1H3,(H3,19,20,22,25)/t10-/m1/s1. The molecule has 0 saturated carbocycles. The SMILES string of the molecule is C[C@@H](OC(=O)C1CCN(C(=O)c2ccc(Cl)cc2)CC1)C(=O)NC(N)=O. The molecule has 9 heteroatoms. The van der Waals surface area contributed by atoms with Crippen molar-refractivity contribution in [1.29, 1.82) is 0 Å².